The number of nitrogens with one attached hydrogen (secondary N) is 2. The van der Waals surface area contributed by atoms with Crippen LogP contribution in [0.1, 0.15) is 57.4 Å². The maximum atomic E-state index is 12.9. The van der Waals surface area contributed by atoms with Crippen molar-refractivity contribution in [1.82, 2.24) is 14.9 Å². The largest absolute Gasteiger partial charge is 0.352 e. The Morgan fingerprint density at radius 1 is 1.03 bits per heavy atom. The number of urea groups is 1. The van der Waals surface area contributed by atoms with Gasteiger partial charge in [-0.25, -0.2) is 13.2 Å². The average Bonchev–Trinajstić information content (AvgIpc) is 3.43. The van der Waals surface area contributed by atoms with E-state index in [1.807, 2.05) is 4.90 Å². The molecule has 8 nitrogen and oxygen atoms in total. The number of anilines is 1. The second-order valence-electron chi connectivity index (χ2n) is 8.86. The standard InChI is InChI=1S/C22H32N4O4S/c1-16(21(27)23-18-7-3-2-4-8-18)24-31(29,30)19-9-10-20-17(15-19)11-14-26(20)22(28)25-12-5-6-13-25/h9-10,15-16,18,24H,2-8,11-14H2,1H3,(H,23,27). The van der Waals surface area contributed by atoms with Crippen molar-refractivity contribution in [2.75, 3.05) is 24.5 Å². The maximum Gasteiger partial charge on any atom is 0.324 e. The second kappa shape index (κ2) is 9.16. The van der Waals surface area contributed by atoms with Crippen LogP contribution in [0.3, 0.4) is 0 Å². The van der Waals surface area contributed by atoms with Gasteiger partial charge in [0.15, 0.2) is 0 Å². The number of hydrogen-bond acceptors (Lipinski definition) is 4. The van der Waals surface area contributed by atoms with Crippen LogP contribution in [0.15, 0.2) is 23.1 Å². The average molecular weight is 449 g/mol. The molecule has 2 aliphatic heterocycles. The van der Waals surface area contributed by atoms with Gasteiger partial charge in [-0.3, -0.25) is 9.69 Å². The zero-order valence-electron chi connectivity index (χ0n) is 18.1. The molecule has 1 saturated carbocycles. The number of benzene rings is 1. The van der Waals surface area contributed by atoms with E-state index in [0.29, 0.717) is 13.0 Å². The Morgan fingerprint density at radius 3 is 2.45 bits per heavy atom. The van der Waals surface area contributed by atoms with Crippen LogP contribution in [0.5, 0.6) is 0 Å². The van der Waals surface area contributed by atoms with Crippen LogP contribution in [0.2, 0.25) is 0 Å². The minimum Gasteiger partial charge on any atom is -0.352 e. The highest BCUT2D eigenvalue weighted by atomic mass is 32.2. The number of sulfonamides is 1. The normalized spacial score (nSPS) is 20.5. The summed E-state index contributed by atoms with van der Waals surface area (Å²) in [5.74, 6) is -0.293. The highest BCUT2D eigenvalue weighted by molar-refractivity contribution is 7.89. The number of rotatable bonds is 5. The lowest BCUT2D eigenvalue weighted by molar-refractivity contribution is -0.123. The van der Waals surface area contributed by atoms with Crippen molar-refractivity contribution < 1.29 is 18.0 Å². The molecule has 1 atom stereocenters. The fourth-order valence-corrected chi connectivity index (χ4v) is 6.00. The van der Waals surface area contributed by atoms with Gasteiger partial charge in [-0.05, 0) is 62.8 Å². The summed E-state index contributed by atoms with van der Waals surface area (Å²) in [6.45, 7) is 3.69. The van der Waals surface area contributed by atoms with Crippen LogP contribution in [0.4, 0.5) is 10.5 Å². The van der Waals surface area contributed by atoms with Crippen LogP contribution in [0, 0.1) is 0 Å². The monoisotopic (exact) mass is 448 g/mol. The van der Waals surface area contributed by atoms with Crippen LogP contribution < -0.4 is 14.9 Å². The van der Waals surface area contributed by atoms with E-state index >= 15 is 0 Å². The molecule has 1 aromatic carbocycles. The van der Waals surface area contributed by atoms with Crippen molar-refractivity contribution in [2.24, 2.45) is 0 Å². The van der Waals surface area contributed by atoms with Gasteiger partial charge in [0.2, 0.25) is 15.9 Å². The molecule has 3 aliphatic rings. The molecule has 31 heavy (non-hydrogen) atoms. The van der Waals surface area contributed by atoms with Gasteiger partial charge < -0.3 is 10.2 Å². The van der Waals surface area contributed by atoms with E-state index in [9.17, 15) is 18.0 Å². The first-order valence-corrected chi connectivity index (χ1v) is 12.9. The molecule has 9 heteroatoms. The molecule has 0 aromatic heterocycles. The van der Waals surface area contributed by atoms with E-state index in [-0.39, 0.29) is 22.9 Å². The third kappa shape index (κ3) is 4.87. The number of amides is 3. The van der Waals surface area contributed by atoms with Crippen LogP contribution in [0.25, 0.3) is 0 Å². The molecule has 1 aliphatic carbocycles. The SMILES string of the molecule is CC(NS(=O)(=O)c1ccc2c(c1)CCN2C(=O)N1CCCC1)C(=O)NC1CCCCC1. The predicted molar refractivity (Wildman–Crippen MR) is 118 cm³/mol. The second-order valence-corrected chi connectivity index (χ2v) is 10.6. The number of carbonyl (C=O) groups excluding carboxylic acids is 2. The first-order chi connectivity index (χ1) is 14.8. The summed E-state index contributed by atoms with van der Waals surface area (Å²) >= 11 is 0. The van der Waals surface area contributed by atoms with Crippen molar-refractivity contribution in [3.8, 4) is 0 Å². The van der Waals surface area contributed by atoms with Crippen molar-refractivity contribution in [2.45, 2.75) is 75.3 Å². The molecule has 0 spiro atoms. The van der Waals surface area contributed by atoms with Gasteiger partial charge in [-0.1, -0.05) is 19.3 Å². The molecule has 0 radical (unpaired) electrons. The zero-order chi connectivity index (χ0) is 22.0. The summed E-state index contributed by atoms with van der Waals surface area (Å²) in [5, 5.41) is 2.96. The highest BCUT2D eigenvalue weighted by Gasteiger charge is 2.31. The summed E-state index contributed by atoms with van der Waals surface area (Å²) in [6, 6.07) is 4.12. The van der Waals surface area contributed by atoms with E-state index in [1.54, 1.807) is 24.0 Å². The van der Waals surface area contributed by atoms with Gasteiger partial charge in [-0.15, -0.1) is 0 Å². The van der Waals surface area contributed by atoms with Crippen molar-refractivity contribution in [3.05, 3.63) is 23.8 Å². The molecule has 1 saturated heterocycles. The lowest BCUT2D eigenvalue weighted by Crippen LogP contribution is -2.48. The molecule has 170 valence electrons. The van der Waals surface area contributed by atoms with Gasteiger partial charge in [0.05, 0.1) is 10.9 Å². The van der Waals surface area contributed by atoms with Crippen LogP contribution in [-0.4, -0.2) is 57.0 Å². The Bertz CT molecular complexity index is 937. The Kier molecular flexibility index (Phi) is 6.52. The quantitative estimate of drug-likeness (QED) is 0.722. The van der Waals surface area contributed by atoms with E-state index in [2.05, 4.69) is 10.0 Å². The molecule has 1 aromatic rings. The molecular formula is C22H32N4O4S. The van der Waals surface area contributed by atoms with E-state index in [0.717, 1.165) is 62.9 Å². The van der Waals surface area contributed by atoms with Crippen LogP contribution in [-0.2, 0) is 21.2 Å². The van der Waals surface area contributed by atoms with Gasteiger partial charge in [-0.2, -0.15) is 4.72 Å². The summed E-state index contributed by atoms with van der Waals surface area (Å²) in [4.78, 5) is 28.9. The Balaban J connectivity index is 1.41. The lowest BCUT2D eigenvalue weighted by Gasteiger charge is -2.25. The summed E-state index contributed by atoms with van der Waals surface area (Å²) < 4.78 is 28.3. The van der Waals surface area contributed by atoms with E-state index < -0.39 is 16.1 Å². The molecule has 0 bridgehead atoms. The Labute approximate surface area is 184 Å². The van der Waals surface area contributed by atoms with Crippen LogP contribution >= 0.6 is 0 Å². The van der Waals surface area contributed by atoms with Gasteiger partial charge in [0.25, 0.3) is 0 Å². The first-order valence-electron chi connectivity index (χ1n) is 11.4. The fraction of sp³-hybridized carbons (Fsp3) is 0.636. The summed E-state index contributed by atoms with van der Waals surface area (Å²) in [7, 11) is -3.85. The number of nitrogens with zero attached hydrogens (tertiary/aromatic N) is 2. The van der Waals surface area contributed by atoms with E-state index in [1.165, 1.54) is 12.5 Å². The zero-order valence-corrected chi connectivity index (χ0v) is 18.9. The smallest absolute Gasteiger partial charge is 0.324 e. The molecule has 2 N–H and O–H groups in total. The Hall–Kier alpha value is -2.13. The topological polar surface area (TPSA) is 98.8 Å². The number of fused-ring (bicyclic) bond motifs is 1. The third-order valence-electron chi connectivity index (χ3n) is 6.54. The van der Waals surface area contributed by atoms with Gasteiger partial charge >= 0.3 is 6.03 Å². The van der Waals surface area contributed by atoms with Gasteiger partial charge in [0, 0.05) is 31.4 Å². The highest BCUT2D eigenvalue weighted by Crippen LogP contribution is 2.31. The minimum atomic E-state index is -3.85. The van der Waals surface area contributed by atoms with E-state index in [4.69, 9.17) is 0 Å². The van der Waals surface area contributed by atoms with Crippen molar-refractivity contribution >= 4 is 27.6 Å². The first kappa shape index (κ1) is 22.1. The lowest BCUT2D eigenvalue weighted by atomic mass is 9.95. The number of likely N-dealkylation sites (tertiary alicyclic amines) is 1. The third-order valence-corrected chi connectivity index (χ3v) is 8.08. The summed E-state index contributed by atoms with van der Waals surface area (Å²) in [6.07, 6.45) is 7.95. The van der Waals surface area contributed by atoms with Crippen molar-refractivity contribution in [3.63, 3.8) is 0 Å². The minimum absolute atomic E-state index is 0.00186. The maximum absolute atomic E-state index is 12.9. The fourth-order valence-electron chi connectivity index (χ4n) is 4.75. The Morgan fingerprint density at radius 2 is 1.74 bits per heavy atom. The molecule has 1 unspecified atom stereocenters. The van der Waals surface area contributed by atoms with Crippen molar-refractivity contribution in [1.29, 1.82) is 0 Å². The number of hydrogen-bond donors (Lipinski definition) is 2. The molecule has 2 heterocycles. The molecule has 2 fully saturated rings. The summed E-state index contributed by atoms with van der Waals surface area (Å²) in [5.41, 5.74) is 1.62. The molecule has 4 rings (SSSR count). The number of carbonyl (C=O) groups is 2. The molecule has 3 amide bonds. The van der Waals surface area contributed by atoms with Gasteiger partial charge in [0.1, 0.15) is 0 Å². The molecular weight excluding hydrogens is 416 g/mol. The predicted octanol–water partition coefficient (Wildman–Crippen LogP) is 2.38.